The van der Waals surface area contributed by atoms with Gasteiger partial charge in [-0.3, -0.25) is 0 Å². The van der Waals surface area contributed by atoms with Gasteiger partial charge in [0, 0.05) is 13.1 Å². The van der Waals surface area contributed by atoms with E-state index in [4.69, 9.17) is 0 Å². The highest BCUT2D eigenvalue weighted by Crippen LogP contribution is 2.23. The van der Waals surface area contributed by atoms with Crippen molar-refractivity contribution >= 4 is 5.69 Å². The zero-order valence-corrected chi connectivity index (χ0v) is 10.1. The highest BCUT2D eigenvalue weighted by Gasteiger charge is 2.11. The standard InChI is InChI=1S/C14H18FNO/c1-4-8-16(9-5-2)14-7-6-12(11(3)17)10-13(14)15/h4-7,10-11,17H,1-2,8-9H2,3H3/t11-/m1/s1. The maximum atomic E-state index is 13.9. The molecule has 0 aliphatic rings. The van der Waals surface area contributed by atoms with E-state index in [2.05, 4.69) is 13.2 Å². The Hall–Kier alpha value is -1.61. The molecule has 0 aliphatic heterocycles. The van der Waals surface area contributed by atoms with Gasteiger partial charge in [-0.1, -0.05) is 18.2 Å². The van der Waals surface area contributed by atoms with Gasteiger partial charge in [0.2, 0.25) is 0 Å². The summed E-state index contributed by atoms with van der Waals surface area (Å²) in [6.45, 7) is 10.0. The Morgan fingerprint density at radius 3 is 2.35 bits per heavy atom. The lowest BCUT2D eigenvalue weighted by Gasteiger charge is -2.22. The van der Waals surface area contributed by atoms with E-state index in [9.17, 15) is 9.50 Å². The third-order valence-corrected chi connectivity index (χ3v) is 2.49. The first-order chi connectivity index (χ1) is 8.10. The molecular formula is C14H18FNO. The van der Waals surface area contributed by atoms with Crippen LogP contribution >= 0.6 is 0 Å². The molecule has 0 saturated heterocycles. The third kappa shape index (κ3) is 3.43. The van der Waals surface area contributed by atoms with Crippen LogP contribution in [-0.4, -0.2) is 18.2 Å². The predicted octanol–water partition coefficient (Wildman–Crippen LogP) is 3.06. The fourth-order valence-electron chi connectivity index (χ4n) is 1.62. The normalized spacial score (nSPS) is 11.9. The maximum absolute atomic E-state index is 13.9. The fraction of sp³-hybridized carbons (Fsp3) is 0.286. The van der Waals surface area contributed by atoms with Gasteiger partial charge < -0.3 is 10.0 Å². The van der Waals surface area contributed by atoms with Gasteiger partial charge in [-0.2, -0.15) is 0 Å². The summed E-state index contributed by atoms with van der Waals surface area (Å²) >= 11 is 0. The van der Waals surface area contributed by atoms with Gasteiger partial charge in [0.1, 0.15) is 5.82 Å². The number of anilines is 1. The molecule has 0 amide bonds. The number of halogens is 1. The summed E-state index contributed by atoms with van der Waals surface area (Å²) in [5.41, 5.74) is 1.07. The van der Waals surface area contributed by atoms with Crippen LogP contribution in [0.25, 0.3) is 0 Å². The summed E-state index contributed by atoms with van der Waals surface area (Å²) in [5.74, 6) is -0.341. The summed E-state index contributed by atoms with van der Waals surface area (Å²) < 4.78 is 13.9. The number of aliphatic hydroxyl groups is 1. The highest BCUT2D eigenvalue weighted by molar-refractivity contribution is 5.50. The second kappa shape index (κ2) is 6.21. The van der Waals surface area contributed by atoms with Gasteiger partial charge in [0.25, 0.3) is 0 Å². The first-order valence-corrected chi connectivity index (χ1v) is 5.54. The van der Waals surface area contributed by atoms with Crippen LogP contribution in [0.15, 0.2) is 43.5 Å². The SMILES string of the molecule is C=CCN(CC=C)c1ccc([C@@H](C)O)cc1F. The molecule has 0 unspecified atom stereocenters. The molecule has 3 heteroatoms. The Bertz CT molecular complexity index is 391. The molecule has 2 nitrogen and oxygen atoms in total. The maximum Gasteiger partial charge on any atom is 0.146 e. The van der Waals surface area contributed by atoms with Crippen LogP contribution in [0, 0.1) is 5.82 Å². The molecule has 0 radical (unpaired) electrons. The number of nitrogens with zero attached hydrogens (tertiary/aromatic N) is 1. The fourth-order valence-corrected chi connectivity index (χ4v) is 1.62. The number of rotatable bonds is 6. The van der Waals surface area contributed by atoms with E-state index < -0.39 is 6.10 Å². The van der Waals surface area contributed by atoms with E-state index >= 15 is 0 Å². The van der Waals surface area contributed by atoms with Gasteiger partial charge in [-0.25, -0.2) is 4.39 Å². The van der Waals surface area contributed by atoms with Crippen LogP contribution in [0.1, 0.15) is 18.6 Å². The van der Waals surface area contributed by atoms with E-state index in [-0.39, 0.29) is 5.82 Å². The first kappa shape index (κ1) is 13.5. The molecule has 92 valence electrons. The summed E-state index contributed by atoms with van der Waals surface area (Å²) in [5, 5.41) is 9.37. The van der Waals surface area contributed by atoms with Crippen molar-refractivity contribution < 1.29 is 9.50 Å². The third-order valence-electron chi connectivity index (χ3n) is 2.49. The van der Waals surface area contributed by atoms with Crippen molar-refractivity contribution in [2.45, 2.75) is 13.0 Å². The Labute approximate surface area is 102 Å². The lowest BCUT2D eigenvalue weighted by Crippen LogP contribution is -2.24. The summed E-state index contributed by atoms with van der Waals surface area (Å²) in [6.07, 6.45) is 2.77. The molecule has 1 rings (SSSR count). The van der Waals surface area contributed by atoms with Crippen molar-refractivity contribution in [2.75, 3.05) is 18.0 Å². The van der Waals surface area contributed by atoms with Crippen LogP contribution in [0.4, 0.5) is 10.1 Å². The van der Waals surface area contributed by atoms with E-state index in [1.165, 1.54) is 6.07 Å². The summed E-state index contributed by atoms with van der Waals surface area (Å²) in [6, 6.07) is 4.76. The smallest absolute Gasteiger partial charge is 0.146 e. The van der Waals surface area contributed by atoms with E-state index in [0.29, 0.717) is 24.3 Å². The quantitative estimate of drug-likeness (QED) is 0.766. The Morgan fingerprint density at radius 2 is 1.94 bits per heavy atom. The molecule has 0 heterocycles. The molecule has 1 aromatic rings. The van der Waals surface area contributed by atoms with Gasteiger partial charge in [0.15, 0.2) is 0 Å². The van der Waals surface area contributed by atoms with Crippen molar-refractivity contribution in [2.24, 2.45) is 0 Å². The predicted molar refractivity (Wildman–Crippen MR) is 69.6 cm³/mol. The largest absolute Gasteiger partial charge is 0.389 e. The van der Waals surface area contributed by atoms with Crippen molar-refractivity contribution in [3.05, 3.63) is 54.9 Å². The molecule has 0 fully saturated rings. The molecule has 0 aliphatic carbocycles. The zero-order valence-electron chi connectivity index (χ0n) is 10.1. The number of benzene rings is 1. The second-order valence-corrected chi connectivity index (χ2v) is 3.87. The second-order valence-electron chi connectivity index (χ2n) is 3.87. The van der Waals surface area contributed by atoms with Crippen molar-refractivity contribution in [1.29, 1.82) is 0 Å². The minimum absolute atomic E-state index is 0.341. The van der Waals surface area contributed by atoms with E-state index in [0.717, 1.165) is 0 Å². The molecular weight excluding hydrogens is 217 g/mol. The van der Waals surface area contributed by atoms with Crippen molar-refractivity contribution in [3.8, 4) is 0 Å². The number of aliphatic hydroxyl groups excluding tert-OH is 1. The van der Waals surface area contributed by atoms with E-state index in [1.807, 2.05) is 4.90 Å². The van der Waals surface area contributed by atoms with Crippen LogP contribution in [0.2, 0.25) is 0 Å². The molecule has 0 saturated carbocycles. The zero-order chi connectivity index (χ0) is 12.8. The molecule has 0 aromatic heterocycles. The van der Waals surface area contributed by atoms with Gasteiger partial charge in [-0.15, -0.1) is 13.2 Å². The average Bonchev–Trinajstić information content (AvgIpc) is 2.28. The Morgan fingerprint density at radius 1 is 1.35 bits per heavy atom. The summed E-state index contributed by atoms with van der Waals surface area (Å²) in [7, 11) is 0. The van der Waals surface area contributed by atoms with Gasteiger partial charge in [0.05, 0.1) is 11.8 Å². The Kier molecular flexibility index (Phi) is 4.91. The minimum Gasteiger partial charge on any atom is -0.389 e. The molecule has 0 spiro atoms. The Balaban J connectivity index is 3.03. The van der Waals surface area contributed by atoms with Crippen molar-refractivity contribution in [3.63, 3.8) is 0 Å². The van der Waals surface area contributed by atoms with Crippen LogP contribution < -0.4 is 4.90 Å². The average molecular weight is 235 g/mol. The topological polar surface area (TPSA) is 23.5 Å². The summed E-state index contributed by atoms with van der Waals surface area (Å²) in [4.78, 5) is 1.82. The highest BCUT2D eigenvalue weighted by atomic mass is 19.1. The van der Waals surface area contributed by atoms with Gasteiger partial charge >= 0.3 is 0 Å². The lowest BCUT2D eigenvalue weighted by molar-refractivity contribution is 0.199. The number of hydrogen-bond acceptors (Lipinski definition) is 2. The minimum atomic E-state index is -0.661. The molecule has 0 bridgehead atoms. The van der Waals surface area contributed by atoms with Crippen LogP contribution in [-0.2, 0) is 0 Å². The van der Waals surface area contributed by atoms with Gasteiger partial charge in [-0.05, 0) is 24.6 Å². The van der Waals surface area contributed by atoms with Crippen LogP contribution in [0.3, 0.4) is 0 Å². The van der Waals surface area contributed by atoms with E-state index in [1.54, 1.807) is 31.2 Å². The monoisotopic (exact) mass is 235 g/mol. The molecule has 1 aromatic carbocycles. The van der Waals surface area contributed by atoms with Crippen LogP contribution in [0.5, 0.6) is 0 Å². The number of hydrogen-bond donors (Lipinski definition) is 1. The first-order valence-electron chi connectivity index (χ1n) is 5.54. The lowest BCUT2D eigenvalue weighted by atomic mass is 10.1. The molecule has 1 N–H and O–H groups in total. The van der Waals surface area contributed by atoms with Crippen molar-refractivity contribution in [1.82, 2.24) is 0 Å². The molecule has 17 heavy (non-hydrogen) atoms. The molecule has 1 atom stereocenters.